The number of rotatable bonds is 5. The molecule has 1 amide bonds. The Morgan fingerprint density at radius 3 is 2.61 bits per heavy atom. The van der Waals surface area contributed by atoms with E-state index in [1.165, 1.54) is 0 Å². The highest BCUT2D eigenvalue weighted by Crippen LogP contribution is 2.22. The number of hydrogen-bond acceptors (Lipinski definition) is 4. The van der Waals surface area contributed by atoms with E-state index in [1.807, 2.05) is 19.1 Å². The largest absolute Gasteiger partial charge is 0.508 e. The fraction of sp³-hybridized carbons (Fsp3) is 0.176. The smallest absolute Gasteiger partial charge is 0.259 e. The summed E-state index contributed by atoms with van der Waals surface area (Å²) in [5.41, 5.74) is 5.67. The number of carbonyl (C=O) groups excluding carboxylic acids is 1. The second-order valence-electron chi connectivity index (χ2n) is 5.05. The molecule has 0 aliphatic rings. The number of halogens is 1. The molecule has 0 unspecified atom stereocenters. The topological polar surface area (TPSA) is 73.7 Å². The standard InChI is InChI=1S/C17H18ClN3O2/c1-11-15(18)4-3-5-16(11)19-10-17(23)21-20-12(2)13-6-8-14(22)9-7-13/h3-9,19,22H,10H2,1-2H3,(H,21,23)/b20-12-. The maximum atomic E-state index is 11.8. The van der Waals surface area contributed by atoms with Crippen molar-refractivity contribution in [2.75, 3.05) is 11.9 Å². The zero-order chi connectivity index (χ0) is 16.8. The average Bonchev–Trinajstić information content (AvgIpc) is 2.54. The molecule has 2 aromatic rings. The number of benzene rings is 2. The van der Waals surface area contributed by atoms with Gasteiger partial charge in [-0.05, 0) is 61.4 Å². The van der Waals surface area contributed by atoms with Crippen LogP contribution < -0.4 is 10.7 Å². The fourth-order valence-corrected chi connectivity index (χ4v) is 2.10. The quantitative estimate of drug-likeness (QED) is 0.581. The van der Waals surface area contributed by atoms with Crippen molar-refractivity contribution in [3.05, 3.63) is 58.6 Å². The van der Waals surface area contributed by atoms with E-state index in [1.54, 1.807) is 37.3 Å². The highest BCUT2D eigenvalue weighted by atomic mass is 35.5. The third-order valence-electron chi connectivity index (χ3n) is 3.34. The molecule has 120 valence electrons. The number of nitrogens with zero attached hydrogens (tertiary/aromatic N) is 1. The molecule has 23 heavy (non-hydrogen) atoms. The van der Waals surface area contributed by atoms with Crippen LogP contribution in [0.25, 0.3) is 0 Å². The Morgan fingerprint density at radius 1 is 1.22 bits per heavy atom. The Labute approximate surface area is 140 Å². The van der Waals surface area contributed by atoms with Crippen molar-refractivity contribution in [1.29, 1.82) is 0 Å². The van der Waals surface area contributed by atoms with Gasteiger partial charge in [0.1, 0.15) is 5.75 Å². The number of phenols is 1. The minimum Gasteiger partial charge on any atom is -0.508 e. The van der Waals surface area contributed by atoms with Gasteiger partial charge >= 0.3 is 0 Å². The van der Waals surface area contributed by atoms with Crippen LogP contribution in [0.2, 0.25) is 5.02 Å². The second-order valence-corrected chi connectivity index (χ2v) is 5.45. The van der Waals surface area contributed by atoms with E-state index in [9.17, 15) is 9.90 Å². The number of aromatic hydroxyl groups is 1. The van der Waals surface area contributed by atoms with Crippen molar-refractivity contribution in [2.24, 2.45) is 5.10 Å². The van der Waals surface area contributed by atoms with Gasteiger partial charge in [0.05, 0.1) is 12.3 Å². The lowest BCUT2D eigenvalue weighted by Gasteiger charge is -2.10. The summed E-state index contributed by atoms with van der Waals surface area (Å²) in [7, 11) is 0. The first-order valence-electron chi connectivity index (χ1n) is 7.09. The summed E-state index contributed by atoms with van der Waals surface area (Å²) in [6.45, 7) is 3.75. The Balaban J connectivity index is 1.91. The first-order chi connectivity index (χ1) is 11.0. The Bertz CT molecular complexity index is 727. The molecule has 0 aliphatic carbocycles. The molecule has 0 spiro atoms. The number of carbonyl (C=O) groups is 1. The van der Waals surface area contributed by atoms with Crippen molar-refractivity contribution in [3.8, 4) is 5.75 Å². The lowest BCUT2D eigenvalue weighted by atomic mass is 10.1. The van der Waals surface area contributed by atoms with E-state index >= 15 is 0 Å². The van der Waals surface area contributed by atoms with E-state index in [0.29, 0.717) is 10.7 Å². The molecule has 0 radical (unpaired) electrons. The normalized spacial score (nSPS) is 11.2. The van der Waals surface area contributed by atoms with Gasteiger partial charge in [-0.2, -0.15) is 5.10 Å². The maximum absolute atomic E-state index is 11.8. The number of phenolic OH excluding ortho intramolecular Hbond substituents is 1. The predicted octanol–water partition coefficient (Wildman–Crippen LogP) is 3.31. The summed E-state index contributed by atoms with van der Waals surface area (Å²) in [5, 5.41) is 17.0. The fourth-order valence-electron chi connectivity index (χ4n) is 1.93. The van der Waals surface area contributed by atoms with E-state index in [-0.39, 0.29) is 18.2 Å². The first-order valence-corrected chi connectivity index (χ1v) is 7.46. The van der Waals surface area contributed by atoms with Crippen molar-refractivity contribution >= 4 is 28.9 Å². The van der Waals surface area contributed by atoms with Crippen molar-refractivity contribution in [2.45, 2.75) is 13.8 Å². The van der Waals surface area contributed by atoms with Crippen LogP contribution in [-0.4, -0.2) is 23.3 Å². The van der Waals surface area contributed by atoms with Crippen LogP contribution in [0.5, 0.6) is 5.75 Å². The maximum Gasteiger partial charge on any atom is 0.259 e. The third kappa shape index (κ3) is 4.72. The second kappa shape index (κ2) is 7.65. The summed E-state index contributed by atoms with van der Waals surface area (Å²) in [6, 6.07) is 12.1. The van der Waals surface area contributed by atoms with E-state index in [0.717, 1.165) is 16.8 Å². The zero-order valence-corrected chi connectivity index (χ0v) is 13.7. The summed E-state index contributed by atoms with van der Waals surface area (Å²) in [5.74, 6) is -0.0748. The van der Waals surface area contributed by atoms with Gasteiger partial charge in [-0.25, -0.2) is 5.43 Å². The van der Waals surface area contributed by atoms with Gasteiger partial charge in [0.25, 0.3) is 5.91 Å². The molecule has 0 heterocycles. The van der Waals surface area contributed by atoms with Crippen LogP contribution in [0.1, 0.15) is 18.1 Å². The molecule has 2 aromatic carbocycles. The summed E-state index contributed by atoms with van der Waals surface area (Å²) in [6.07, 6.45) is 0. The Morgan fingerprint density at radius 2 is 1.91 bits per heavy atom. The molecule has 0 saturated heterocycles. The molecule has 0 bridgehead atoms. The Kier molecular flexibility index (Phi) is 5.60. The van der Waals surface area contributed by atoms with Gasteiger partial charge in [0.15, 0.2) is 0 Å². The number of amides is 1. The predicted molar refractivity (Wildman–Crippen MR) is 93.1 cm³/mol. The van der Waals surface area contributed by atoms with Gasteiger partial charge < -0.3 is 10.4 Å². The molecular formula is C17H18ClN3O2. The van der Waals surface area contributed by atoms with Gasteiger partial charge in [0.2, 0.25) is 0 Å². The van der Waals surface area contributed by atoms with Crippen LogP contribution in [-0.2, 0) is 4.79 Å². The summed E-state index contributed by atoms with van der Waals surface area (Å²) in [4.78, 5) is 11.8. The third-order valence-corrected chi connectivity index (χ3v) is 3.75. The summed E-state index contributed by atoms with van der Waals surface area (Å²) < 4.78 is 0. The van der Waals surface area contributed by atoms with Gasteiger partial charge in [0, 0.05) is 10.7 Å². The van der Waals surface area contributed by atoms with Crippen molar-refractivity contribution < 1.29 is 9.90 Å². The van der Waals surface area contributed by atoms with Crippen molar-refractivity contribution in [3.63, 3.8) is 0 Å². The van der Waals surface area contributed by atoms with E-state index in [2.05, 4.69) is 15.8 Å². The Hall–Kier alpha value is -2.53. The van der Waals surface area contributed by atoms with Crippen molar-refractivity contribution in [1.82, 2.24) is 5.43 Å². The molecule has 0 aliphatic heterocycles. The number of anilines is 1. The number of nitrogens with one attached hydrogen (secondary N) is 2. The van der Waals surface area contributed by atoms with Gasteiger partial charge in [-0.3, -0.25) is 4.79 Å². The minimum atomic E-state index is -0.262. The molecule has 0 fully saturated rings. The van der Waals surface area contributed by atoms with Crippen LogP contribution in [0.4, 0.5) is 5.69 Å². The minimum absolute atomic E-state index is 0.0908. The molecule has 2 rings (SSSR count). The molecule has 0 saturated carbocycles. The SMILES string of the molecule is C/C(=N/NC(=O)CNc1cccc(Cl)c1C)c1ccc(O)cc1. The van der Waals surface area contributed by atoms with E-state index in [4.69, 9.17) is 11.6 Å². The first kappa shape index (κ1) is 16.8. The zero-order valence-electron chi connectivity index (χ0n) is 12.9. The van der Waals surface area contributed by atoms with Crippen LogP contribution in [0.15, 0.2) is 47.6 Å². The highest BCUT2D eigenvalue weighted by molar-refractivity contribution is 6.31. The van der Waals surface area contributed by atoms with Gasteiger partial charge in [-0.15, -0.1) is 0 Å². The van der Waals surface area contributed by atoms with Crippen LogP contribution in [0, 0.1) is 6.92 Å². The lowest BCUT2D eigenvalue weighted by Crippen LogP contribution is -2.27. The molecule has 5 nitrogen and oxygen atoms in total. The van der Waals surface area contributed by atoms with E-state index < -0.39 is 0 Å². The highest BCUT2D eigenvalue weighted by Gasteiger charge is 2.05. The van der Waals surface area contributed by atoms with Gasteiger partial charge in [-0.1, -0.05) is 17.7 Å². The molecular weight excluding hydrogens is 314 g/mol. The summed E-state index contributed by atoms with van der Waals surface area (Å²) >= 11 is 6.03. The molecule has 0 aromatic heterocycles. The monoisotopic (exact) mass is 331 g/mol. The average molecular weight is 332 g/mol. The number of hydrazone groups is 1. The van der Waals surface area contributed by atoms with Crippen LogP contribution in [0.3, 0.4) is 0 Å². The molecule has 0 atom stereocenters. The lowest BCUT2D eigenvalue weighted by molar-refractivity contribution is -0.119. The number of hydrogen-bond donors (Lipinski definition) is 3. The molecule has 3 N–H and O–H groups in total. The molecule has 6 heteroatoms. The van der Waals surface area contributed by atoms with Crippen LogP contribution >= 0.6 is 11.6 Å².